The molecular weight excluding hydrogens is 325 g/mol. The fourth-order valence-electron chi connectivity index (χ4n) is 3.80. The molecule has 2 atom stereocenters. The van der Waals surface area contributed by atoms with Crippen LogP contribution in [0.4, 0.5) is 10.3 Å². The van der Waals surface area contributed by atoms with Crippen LogP contribution in [0.5, 0.6) is 0 Å². The summed E-state index contributed by atoms with van der Waals surface area (Å²) in [5.74, 6) is 0.895. The van der Waals surface area contributed by atoms with Crippen LogP contribution in [-0.4, -0.2) is 51.4 Å². The Bertz CT molecular complexity index is 730. The van der Waals surface area contributed by atoms with Gasteiger partial charge < -0.3 is 14.6 Å². The topological polar surface area (TPSA) is 76.3 Å². The van der Waals surface area contributed by atoms with Gasteiger partial charge in [0.05, 0.1) is 36.3 Å². The third-order valence-corrected chi connectivity index (χ3v) is 5.12. The molecule has 2 fully saturated rings. The van der Waals surface area contributed by atoms with Gasteiger partial charge in [-0.25, -0.2) is 14.4 Å². The van der Waals surface area contributed by atoms with Crippen LogP contribution in [0.2, 0.25) is 0 Å². The van der Waals surface area contributed by atoms with Crippen molar-refractivity contribution in [1.82, 2.24) is 20.0 Å². The average molecular weight is 347 g/mol. The molecule has 25 heavy (non-hydrogen) atoms. The number of anilines is 1. The number of likely N-dealkylation sites (tertiary alicyclic amines) is 1. The van der Waals surface area contributed by atoms with Gasteiger partial charge in [0.1, 0.15) is 5.76 Å². The van der Waals surface area contributed by atoms with E-state index >= 15 is 0 Å². The Labute approximate surface area is 145 Å². The van der Waals surface area contributed by atoms with E-state index in [9.17, 15) is 4.39 Å². The second-order valence-corrected chi connectivity index (χ2v) is 7.03. The summed E-state index contributed by atoms with van der Waals surface area (Å²) in [5.41, 5.74) is 2.00. The Hall–Kier alpha value is -2.06. The second kappa shape index (κ2) is 6.34. The van der Waals surface area contributed by atoms with Crippen LogP contribution >= 0.6 is 0 Å². The Morgan fingerprint density at radius 2 is 2.16 bits per heavy atom. The van der Waals surface area contributed by atoms with E-state index in [4.69, 9.17) is 9.26 Å². The van der Waals surface area contributed by atoms with Crippen molar-refractivity contribution in [3.05, 3.63) is 35.2 Å². The van der Waals surface area contributed by atoms with E-state index in [1.807, 2.05) is 13.8 Å². The maximum absolute atomic E-state index is 12.9. The molecule has 4 rings (SSSR count). The zero-order chi connectivity index (χ0) is 17.4. The van der Waals surface area contributed by atoms with E-state index in [0.717, 1.165) is 43.9 Å². The first-order valence-electron chi connectivity index (χ1n) is 8.55. The van der Waals surface area contributed by atoms with Gasteiger partial charge in [0.15, 0.2) is 5.82 Å². The zero-order valence-electron chi connectivity index (χ0n) is 14.5. The number of aromatic nitrogens is 3. The van der Waals surface area contributed by atoms with Crippen molar-refractivity contribution < 1.29 is 13.7 Å². The number of ether oxygens (including phenoxy) is 1. The van der Waals surface area contributed by atoms with E-state index in [0.29, 0.717) is 12.6 Å². The summed E-state index contributed by atoms with van der Waals surface area (Å²) < 4.78 is 24.3. The Morgan fingerprint density at radius 1 is 1.36 bits per heavy atom. The molecule has 7 nitrogen and oxygen atoms in total. The summed E-state index contributed by atoms with van der Waals surface area (Å²) in [4.78, 5) is 10.3. The maximum atomic E-state index is 12.9. The van der Waals surface area contributed by atoms with Crippen LogP contribution in [0.15, 0.2) is 16.9 Å². The lowest BCUT2D eigenvalue weighted by Gasteiger charge is -2.23. The zero-order valence-corrected chi connectivity index (χ0v) is 14.5. The smallest absolute Gasteiger partial charge is 0.223 e. The van der Waals surface area contributed by atoms with Gasteiger partial charge in [-0.05, 0) is 20.3 Å². The first kappa shape index (κ1) is 16.4. The number of hydrogen-bond donors (Lipinski definition) is 1. The lowest BCUT2D eigenvalue weighted by Crippen LogP contribution is -2.33. The minimum Gasteiger partial charge on any atom is -0.371 e. The number of nitrogens with zero attached hydrogens (tertiary/aromatic N) is 4. The minimum absolute atomic E-state index is 0.128. The molecule has 1 N–H and O–H groups in total. The van der Waals surface area contributed by atoms with Crippen LogP contribution in [0, 0.1) is 19.7 Å². The van der Waals surface area contributed by atoms with Crippen molar-refractivity contribution in [1.29, 1.82) is 0 Å². The molecule has 2 aliphatic heterocycles. The van der Waals surface area contributed by atoms with E-state index in [-0.39, 0.29) is 11.6 Å². The highest BCUT2D eigenvalue weighted by molar-refractivity contribution is 5.26. The second-order valence-electron chi connectivity index (χ2n) is 7.03. The molecule has 2 aromatic rings. The summed E-state index contributed by atoms with van der Waals surface area (Å²) in [5, 5.41) is 7.27. The molecule has 0 radical (unpaired) electrons. The van der Waals surface area contributed by atoms with Crippen molar-refractivity contribution >= 4 is 5.95 Å². The SMILES string of the molecule is Cc1noc(C)c1CN1CC[C@@]2(C[C@@H](Nc3ncc(F)cn3)CO2)C1. The number of halogens is 1. The molecule has 0 aromatic carbocycles. The summed E-state index contributed by atoms with van der Waals surface area (Å²) in [6.07, 6.45) is 4.23. The largest absolute Gasteiger partial charge is 0.371 e. The first-order chi connectivity index (χ1) is 12.0. The normalized spacial score (nSPS) is 26.6. The molecule has 1 spiro atoms. The molecule has 0 amide bonds. The molecule has 8 heteroatoms. The molecule has 4 heterocycles. The van der Waals surface area contributed by atoms with E-state index in [2.05, 4.69) is 25.3 Å². The number of nitrogens with one attached hydrogen (secondary N) is 1. The third kappa shape index (κ3) is 3.36. The fraction of sp³-hybridized carbons (Fsp3) is 0.588. The Morgan fingerprint density at radius 3 is 2.88 bits per heavy atom. The van der Waals surface area contributed by atoms with Crippen molar-refractivity contribution in [3.8, 4) is 0 Å². The standard InChI is InChI=1S/C17H22FN5O2/c1-11-15(12(2)25-22-11)8-23-4-3-17(10-23)5-14(9-24-17)21-16-19-6-13(18)7-20-16/h6-7,14H,3-5,8-10H2,1-2H3,(H,19,20,21)/t14-,17-/m1/s1. The lowest BCUT2D eigenvalue weighted by molar-refractivity contribution is 0.0119. The number of rotatable bonds is 4. The highest BCUT2D eigenvalue weighted by Gasteiger charge is 2.45. The summed E-state index contributed by atoms with van der Waals surface area (Å²) >= 11 is 0. The Kier molecular flexibility index (Phi) is 4.16. The van der Waals surface area contributed by atoms with E-state index < -0.39 is 5.82 Å². The molecule has 0 unspecified atom stereocenters. The van der Waals surface area contributed by atoms with Crippen LogP contribution in [0.25, 0.3) is 0 Å². The van der Waals surface area contributed by atoms with Crippen molar-refractivity contribution in [2.24, 2.45) is 0 Å². The summed E-state index contributed by atoms with van der Waals surface area (Å²) in [6, 6.07) is 0.143. The molecule has 2 saturated heterocycles. The number of aryl methyl sites for hydroxylation is 2. The molecule has 2 aliphatic rings. The van der Waals surface area contributed by atoms with Gasteiger partial charge in [-0.15, -0.1) is 0 Å². The van der Waals surface area contributed by atoms with Gasteiger partial charge >= 0.3 is 0 Å². The molecule has 0 bridgehead atoms. The minimum atomic E-state index is -0.435. The van der Waals surface area contributed by atoms with Gasteiger partial charge in [-0.3, -0.25) is 4.90 Å². The van der Waals surface area contributed by atoms with Crippen LogP contribution < -0.4 is 5.32 Å². The van der Waals surface area contributed by atoms with Crippen LogP contribution in [0.1, 0.15) is 29.9 Å². The highest BCUT2D eigenvalue weighted by Crippen LogP contribution is 2.36. The van der Waals surface area contributed by atoms with Crippen LogP contribution in [0.3, 0.4) is 0 Å². The van der Waals surface area contributed by atoms with Gasteiger partial charge in [0, 0.05) is 31.6 Å². The van der Waals surface area contributed by atoms with Crippen molar-refractivity contribution in [3.63, 3.8) is 0 Å². The molecular formula is C17H22FN5O2. The van der Waals surface area contributed by atoms with Crippen molar-refractivity contribution in [2.75, 3.05) is 25.0 Å². The first-order valence-corrected chi connectivity index (χ1v) is 8.55. The van der Waals surface area contributed by atoms with E-state index in [1.54, 1.807) is 0 Å². The van der Waals surface area contributed by atoms with Gasteiger partial charge in [-0.2, -0.15) is 0 Å². The predicted molar refractivity (Wildman–Crippen MR) is 88.6 cm³/mol. The molecule has 0 saturated carbocycles. The van der Waals surface area contributed by atoms with Gasteiger partial charge in [-0.1, -0.05) is 5.16 Å². The highest BCUT2D eigenvalue weighted by atomic mass is 19.1. The van der Waals surface area contributed by atoms with Crippen molar-refractivity contribution in [2.45, 2.75) is 44.9 Å². The molecule has 134 valence electrons. The van der Waals surface area contributed by atoms with Gasteiger partial charge in [0.2, 0.25) is 5.95 Å². The van der Waals surface area contributed by atoms with E-state index in [1.165, 1.54) is 18.0 Å². The average Bonchev–Trinajstić information content (AvgIpc) is 3.27. The lowest BCUT2D eigenvalue weighted by atomic mass is 9.97. The fourth-order valence-corrected chi connectivity index (χ4v) is 3.80. The van der Waals surface area contributed by atoms with Gasteiger partial charge in [0.25, 0.3) is 0 Å². The molecule has 0 aliphatic carbocycles. The number of hydrogen-bond acceptors (Lipinski definition) is 7. The summed E-state index contributed by atoms with van der Waals surface area (Å²) in [7, 11) is 0. The third-order valence-electron chi connectivity index (χ3n) is 5.12. The van der Waals surface area contributed by atoms with Crippen LogP contribution in [-0.2, 0) is 11.3 Å². The monoisotopic (exact) mass is 347 g/mol. The molecule has 2 aromatic heterocycles. The predicted octanol–water partition coefficient (Wildman–Crippen LogP) is 2.07. The Balaban J connectivity index is 1.35. The maximum Gasteiger partial charge on any atom is 0.223 e. The quantitative estimate of drug-likeness (QED) is 0.907. The summed E-state index contributed by atoms with van der Waals surface area (Å²) in [6.45, 7) is 7.26.